The summed E-state index contributed by atoms with van der Waals surface area (Å²) in [4.78, 5) is 22.6. The summed E-state index contributed by atoms with van der Waals surface area (Å²) >= 11 is 0. The van der Waals surface area contributed by atoms with Crippen molar-refractivity contribution < 1.29 is 19.4 Å². The number of carboxylic acid groups (broad SMARTS) is 1. The average molecular weight is 287 g/mol. The quantitative estimate of drug-likeness (QED) is 0.503. The van der Waals surface area contributed by atoms with Crippen molar-refractivity contribution in [2.24, 2.45) is 5.92 Å². The molecule has 0 heterocycles. The highest BCUT2D eigenvalue weighted by molar-refractivity contribution is 5.73. The van der Waals surface area contributed by atoms with Gasteiger partial charge in [-0.15, -0.1) is 0 Å². The molecule has 118 valence electrons. The van der Waals surface area contributed by atoms with Crippen LogP contribution in [0, 0.1) is 5.92 Å². The number of carboxylic acids is 1. The van der Waals surface area contributed by atoms with Gasteiger partial charge in [0.25, 0.3) is 0 Å². The largest absolute Gasteiger partial charge is 0.480 e. The minimum atomic E-state index is -0.813. The van der Waals surface area contributed by atoms with Gasteiger partial charge in [-0.05, 0) is 46.1 Å². The zero-order valence-electron chi connectivity index (χ0n) is 13.4. The van der Waals surface area contributed by atoms with E-state index in [1.807, 2.05) is 34.6 Å². The second kappa shape index (κ2) is 8.95. The van der Waals surface area contributed by atoms with Crippen LogP contribution in [0.15, 0.2) is 0 Å². The molecule has 0 aliphatic rings. The molecule has 0 aromatic carbocycles. The second-order valence-corrected chi connectivity index (χ2v) is 6.20. The Morgan fingerprint density at radius 1 is 1.25 bits per heavy atom. The van der Waals surface area contributed by atoms with Gasteiger partial charge in [0.05, 0.1) is 0 Å². The van der Waals surface area contributed by atoms with Gasteiger partial charge in [0, 0.05) is 6.42 Å². The molecule has 20 heavy (non-hydrogen) atoms. The van der Waals surface area contributed by atoms with E-state index in [0.29, 0.717) is 19.4 Å². The van der Waals surface area contributed by atoms with Crippen molar-refractivity contribution in [1.29, 1.82) is 0 Å². The first-order valence-corrected chi connectivity index (χ1v) is 7.35. The van der Waals surface area contributed by atoms with E-state index in [0.717, 1.165) is 12.8 Å². The van der Waals surface area contributed by atoms with Gasteiger partial charge in [-0.2, -0.15) is 0 Å². The minimum Gasteiger partial charge on any atom is -0.480 e. The predicted molar refractivity (Wildman–Crippen MR) is 78.6 cm³/mol. The van der Waals surface area contributed by atoms with Crippen LogP contribution >= 0.6 is 0 Å². The standard InChI is InChI=1S/C15H29NO4/c1-6-11(2)13(14(18)19)16-10-8-7-9-12(17)20-15(3,4)5/h11,13,16H,6-10H2,1-5H3,(H,18,19)/t11-,13-/m0/s1. The molecule has 0 fully saturated rings. The van der Waals surface area contributed by atoms with Gasteiger partial charge in [0.1, 0.15) is 11.6 Å². The third-order valence-corrected chi connectivity index (χ3v) is 3.07. The van der Waals surface area contributed by atoms with Crippen LogP contribution in [0.1, 0.15) is 60.3 Å². The Bertz CT molecular complexity index is 309. The number of hydrogen-bond acceptors (Lipinski definition) is 4. The maximum atomic E-state index is 11.5. The van der Waals surface area contributed by atoms with E-state index >= 15 is 0 Å². The summed E-state index contributed by atoms with van der Waals surface area (Å²) in [7, 11) is 0. The van der Waals surface area contributed by atoms with Gasteiger partial charge in [-0.25, -0.2) is 0 Å². The van der Waals surface area contributed by atoms with Crippen LogP contribution in [0.5, 0.6) is 0 Å². The van der Waals surface area contributed by atoms with Crippen LogP contribution in [-0.2, 0) is 14.3 Å². The van der Waals surface area contributed by atoms with E-state index in [4.69, 9.17) is 9.84 Å². The monoisotopic (exact) mass is 287 g/mol. The van der Waals surface area contributed by atoms with E-state index in [1.54, 1.807) is 0 Å². The third-order valence-electron chi connectivity index (χ3n) is 3.07. The van der Waals surface area contributed by atoms with Crippen molar-refractivity contribution >= 4 is 11.9 Å². The second-order valence-electron chi connectivity index (χ2n) is 6.20. The number of esters is 1. The Morgan fingerprint density at radius 3 is 2.30 bits per heavy atom. The Kier molecular flexibility index (Phi) is 8.46. The zero-order valence-corrected chi connectivity index (χ0v) is 13.4. The number of rotatable bonds is 9. The SMILES string of the molecule is CC[C@H](C)[C@H](NCCCCC(=O)OC(C)(C)C)C(=O)O. The smallest absolute Gasteiger partial charge is 0.320 e. The molecule has 5 nitrogen and oxygen atoms in total. The first-order valence-electron chi connectivity index (χ1n) is 7.35. The highest BCUT2D eigenvalue weighted by Crippen LogP contribution is 2.10. The molecule has 0 saturated heterocycles. The van der Waals surface area contributed by atoms with Crippen LogP contribution in [0.3, 0.4) is 0 Å². The number of ether oxygens (including phenoxy) is 1. The summed E-state index contributed by atoms with van der Waals surface area (Å²) in [5.41, 5.74) is -0.444. The molecule has 5 heteroatoms. The lowest BCUT2D eigenvalue weighted by molar-refractivity contribution is -0.155. The molecule has 0 saturated carbocycles. The molecular weight excluding hydrogens is 258 g/mol. The number of hydrogen-bond donors (Lipinski definition) is 2. The maximum absolute atomic E-state index is 11.5. The summed E-state index contributed by atoms with van der Waals surface area (Å²) < 4.78 is 5.21. The Labute approximate surface area is 122 Å². The molecule has 0 aromatic rings. The van der Waals surface area contributed by atoms with E-state index < -0.39 is 17.6 Å². The molecule has 0 unspecified atom stereocenters. The fourth-order valence-electron chi connectivity index (χ4n) is 1.81. The topological polar surface area (TPSA) is 75.6 Å². The van der Waals surface area contributed by atoms with Crippen molar-refractivity contribution in [1.82, 2.24) is 5.32 Å². The van der Waals surface area contributed by atoms with Crippen molar-refractivity contribution in [2.45, 2.75) is 71.9 Å². The van der Waals surface area contributed by atoms with Crippen molar-refractivity contribution in [3.63, 3.8) is 0 Å². The highest BCUT2D eigenvalue weighted by atomic mass is 16.6. The molecule has 0 aliphatic carbocycles. The van der Waals surface area contributed by atoms with Gasteiger partial charge in [0.15, 0.2) is 0 Å². The lowest BCUT2D eigenvalue weighted by Gasteiger charge is -2.20. The number of carbonyl (C=O) groups excluding carboxylic acids is 1. The third kappa shape index (κ3) is 8.91. The van der Waals surface area contributed by atoms with Crippen molar-refractivity contribution in [2.75, 3.05) is 6.54 Å². The zero-order chi connectivity index (χ0) is 15.8. The van der Waals surface area contributed by atoms with Crippen LogP contribution in [0.2, 0.25) is 0 Å². The first kappa shape index (κ1) is 18.9. The number of nitrogens with one attached hydrogen (secondary N) is 1. The van der Waals surface area contributed by atoms with Crippen LogP contribution in [-0.4, -0.2) is 35.2 Å². The van der Waals surface area contributed by atoms with Gasteiger partial charge in [-0.3, -0.25) is 9.59 Å². The van der Waals surface area contributed by atoms with Gasteiger partial charge < -0.3 is 15.2 Å². The van der Waals surface area contributed by atoms with Gasteiger partial charge in [0.2, 0.25) is 0 Å². The van der Waals surface area contributed by atoms with Gasteiger partial charge in [-0.1, -0.05) is 20.3 Å². The van der Waals surface area contributed by atoms with Crippen LogP contribution in [0.25, 0.3) is 0 Å². The van der Waals surface area contributed by atoms with Crippen molar-refractivity contribution in [3.8, 4) is 0 Å². The van der Waals surface area contributed by atoms with Gasteiger partial charge >= 0.3 is 11.9 Å². The molecule has 0 spiro atoms. The van der Waals surface area contributed by atoms with E-state index in [2.05, 4.69) is 5.32 Å². The van der Waals surface area contributed by atoms with Crippen LogP contribution < -0.4 is 5.32 Å². The summed E-state index contributed by atoms with van der Waals surface area (Å²) in [6.07, 6.45) is 2.66. The molecule has 0 aliphatic heterocycles. The molecule has 2 atom stereocenters. The minimum absolute atomic E-state index is 0.0957. The molecule has 0 aromatic heterocycles. The molecule has 0 bridgehead atoms. The predicted octanol–water partition coefficient (Wildman–Crippen LogP) is 2.59. The fraction of sp³-hybridized carbons (Fsp3) is 0.867. The Hall–Kier alpha value is -1.10. The molecule has 0 radical (unpaired) electrons. The Morgan fingerprint density at radius 2 is 1.85 bits per heavy atom. The molecule has 2 N–H and O–H groups in total. The summed E-state index contributed by atoms with van der Waals surface area (Å²) in [5.74, 6) is -0.918. The Balaban J connectivity index is 3.85. The normalized spacial score (nSPS) is 14.7. The number of unbranched alkanes of at least 4 members (excludes halogenated alkanes) is 1. The van der Waals surface area contributed by atoms with E-state index in [9.17, 15) is 9.59 Å². The summed E-state index contributed by atoms with van der Waals surface area (Å²) in [6, 6.07) is -0.512. The van der Waals surface area contributed by atoms with Crippen molar-refractivity contribution in [3.05, 3.63) is 0 Å². The highest BCUT2D eigenvalue weighted by Gasteiger charge is 2.22. The number of aliphatic carboxylic acids is 1. The van der Waals surface area contributed by atoms with E-state index in [-0.39, 0.29) is 11.9 Å². The summed E-state index contributed by atoms with van der Waals surface area (Å²) in [5, 5.41) is 12.2. The fourth-order valence-corrected chi connectivity index (χ4v) is 1.81. The lowest BCUT2D eigenvalue weighted by Crippen LogP contribution is -2.42. The first-order chi connectivity index (χ1) is 9.17. The molecular formula is C15H29NO4. The average Bonchev–Trinajstić information content (AvgIpc) is 2.30. The molecule has 0 rings (SSSR count). The van der Waals surface area contributed by atoms with E-state index in [1.165, 1.54) is 0 Å². The maximum Gasteiger partial charge on any atom is 0.320 e. The van der Waals surface area contributed by atoms with Crippen LogP contribution in [0.4, 0.5) is 0 Å². The summed E-state index contributed by atoms with van der Waals surface area (Å²) in [6.45, 7) is 10.0. The number of carbonyl (C=O) groups is 2. The molecule has 0 amide bonds. The lowest BCUT2D eigenvalue weighted by atomic mass is 9.99.